The summed E-state index contributed by atoms with van der Waals surface area (Å²) >= 11 is 0. The van der Waals surface area contributed by atoms with Gasteiger partial charge < -0.3 is 10.6 Å². The first kappa shape index (κ1) is 12.9. The molecule has 2 unspecified atom stereocenters. The smallest absolute Gasteiger partial charge is 0.227 e. The van der Waals surface area contributed by atoms with Crippen LogP contribution in [0.3, 0.4) is 0 Å². The minimum atomic E-state index is 0.111. The van der Waals surface area contributed by atoms with Crippen molar-refractivity contribution in [1.29, 1.82) is 0 Å². The van der Waals surface area contributed by atoms with Gasteiger partial charge in [-0.3, -0.25) is 4.79 Å². The van der Waals surface area contributed by atoms with Crippen molar-refractivity contribution in [2.75, 3.05) is 13.1 Å². The number of nitrogens with zero attached hydrogens (tertiary/aromatic N) is 1. The number of hydrogen-bond donors (Lipinski definition) is 1. The fraction of sp³-hybridized carbons (Fsp3) is 0.929. The average Bonchev–Trinajstić information content (AvgIpc) is 2.39. The molecular weight excluding hydrogens is 212 g/mol. The van der Waals surface area contributed by atoms with Crippen LogP contribution in [-0.4, -0.2) is 29.9 Å². The van der Waals surface area contributed by atoms with Crippen LogP contribution in [0.25, 0.3) is 0 Å². The van der Waals surface area contributed by atoms with Crippen molar-refractivity contribution in [3.05, 3.63) is 0 Å². The normalized spacial score (nSPS) is 31.5. The summed E-state index contributed by atoms with van der Waals surface area (Å²) in [6.07, 6.45) is 8.04. The maximum absolute atomic E-state index is 12.4. The van der Waals surface area contributed by atoms with Gasteiger partial charge >= 0.3 is 0 Å². The van der Waals surface area contributed by atoms with Crippen molar-refractivity contribution in [3.63, 3.8) is 0 Å². The van der Waals surface area contributed by atoms with Crippen molar-refractivity contribution in [2.24, 2.45) is 17.6 Å². The van der Waals surface area contributed by atoms with E-state index in [1.54, 1.807) is 0 Å². The number of piperidine rings is 1. The summed E-state index contributed by atoms with van der Waals surface area (Å²) in [5, 5.41) is 0. The summed E-state index contributed by atoms with van der Waals surface area (Å²) in [5.74, 6) is 1.28. The lowest BCUT2D eigenvalue weighted by atomic mass is 9.83. The fourth-order valence-electron chi connectivity index (χ4n) is 3.26. The molecule has 1 aliphatic heterocycles. The van der Waals surface area contributed by atoms with Crippen molar-refractivity contribution in [1.82, 2.24) is 4.90 Å². The number of likely N-dealkylation sites (tertiary alicyclic amines) is 1. The molecule has 0 bridgehead atoms. The summed E-state index contributed by atoms with van der Waals surface area (Å²) in [6.45, 7) is 4.17. The molecule has 98 valence electrons. The Morgan fingerprint density at radius 2 is 1.82 bits per heavy atom. The predicted octanol–water partition coefficient (Wildman–Crippen LogP) is 2.15. The molecule has 2 aliphatic rings. The maximum atomic E-state index is 12.4. The van der Waals surface area contributed by atoms with Crippen LogP contribution in [0.2, 0.25) is 0 Å². The van der Waals surface area contributed by atoms with Crippen LogP contribution in [0.1, 0.15) is 51.9 Å². The van der Waals surface area contributed by atoms with Crippen LogP contribution >= 0.6 is 0 Å². The molecule has 3 heteroatoms. The number of amides is 1. The second-order valence-electron chi connectivity index (χ2n) is 5.73. The lowest BCUT2D eigenvalue weighted by molar-refractivity contribution is -0.138. The van der Waals surface area contributed by atoms with Gasteiger partial charge in [-0.2, -0.15) is 0 Å². The van der Waals surface area contributed by atoms with Crippen molar-refractivity contribution >= 4 is 5.91 Å². The molecular formula is C14H26N2O. The number of hydrogen-bond acceptors (Lipinski definition) is 2. The monoisotopic (exact) mass is 238 g/mol. The number of carbonyl (C=O) groups excluding carboxylic acids is 1. The Morgan fingerprint density at radius 3 is 2.41 bits per heavy atom. The molecule has 2 rings (SSSR count). The van der Waals surface area contributed by atoms with E-state index in [2.05, 4.69) is 11.8 Å². The standard InChI is InChI=1S/C14H26N2O/c1-2-11-7-9-16(10-8-11)14(17)12-5-3-4-6-13(12)15/h11-13H,2-10,15H2,1H3. The maximum Gasteiger partial charge on any atom is 0.227 e. The highest BCUT2D eigenvalue weighted by molar-refractivity contribution is 5.79. The largest absolute Gasteiger partial charge is 0.342 e. The van der Waals surface area contributed by atoms with Gasteiger partial charge in [0.05, 0.1) is 5.92 Å². The Kier molecular flexibility index (Phi) is 4.43. The second-order valence-corrected chi connectivity index (χ2v) is 5.73. The second kappa shape index (κ2) is 5.85. The zero-order valence-corrected chi connectivity index (χ0v) is 11.0. The van der Waals surface area contributed by atoms with Gasteiger partial charge in [-0.25, -0.2) is 0 Å². The van der Waals surface area contributed by atoms with E-state index < -0.39 is 0 Å². The van der Waals surface area contributed by atoms with Gasteiger partial charge in [-0.1, -0.05) is 26.2 Å². The number of nitrogens with two attached hydrogens (primary N) is 1. The summed E-state index contributed by atoms with van der Waals surface area (Å²) in [6, 6.07) is 0.111. The van der Waals surface area contributed by atoms with Crippen molar-refractivity contribution in [2.45, 2.75) is 57.9 Å². The number of carbonyl (C=O) groups is 1. The third-order valence-electron chi connectivity index (χ3n) is 4.64. The molecule has 1 saturated heterocycles. The van der Waals surface area contributed by atoms with E-state index in [4.69, 9.17) is 5.73 Å². The minimum absolute atomic E-state index is 0.111. The topological polar surface area (TPSA) is 46.3 Å². The molecule has 0 spiro atoms. The Morgan fingerprint density at radius 1 is 1.18 bits per heavy atom. The van der Waals surface area contributed by atoms with E-state index in [9.17, 15) is 4.79 Å². The van der Waals surface area contributed by atoms with Gasteiger partial charge in [0, 0.05) is 19.1 Å². The van der Waals surface area contributed by atoms with Gasteiger partial charge in [-0.05, 0) is 31.6 Å². The zero-order chi connectivity index (χ0) is 12.3. The molecule has 0 aromatic rings. The third-order valence-corrected chi connectivity index (χ3v) is 4.64. The lowest BCUT2D eigenvalue weighted by Crippen LogP contribution is -2.48. The Bertz CT molecular complexity index is 259. The van der Waals surface area contributed by atoms with Crippen molar-refractivity contribution in [3.8, 4) is 0 Å². The molecule has 3 nitrogen and oxygen atoms in total. The summed E-state index contributed by atoms with van der Waals surface area (Å²) in [7, 11) is 0. The average molecular weight is 238 g/mol. The highest BCUT2D eigenvalue weighted by Gasteiger charge is 2.32. The van der Waals surface area contributed by atoms with Gasteiger partial charge in [-0.15, -0.1) is 0 Å². The van der Waals surface area contributed by atoms with Crippen LogP contribution < -0.4 is 5.73 Å². The Hall–Kier alpha value is -0.570. The molecule has 1 amide bonds. The minimum Gasteiger partial charge on any atom is -0.342 e. The van der Waals surface area contributed by atoms with Crippen LogP contribution in [0.4, 0.5) is 0 Å². The summed E-state index contributed by atoms with van der Waals surface area (Å²) < 4.78 is 0. The first-order valence-corrected chi connectivity index (χ1v) is 7.26. The van der Waals surface area contributed by atoms with Gasteiger partial charge in [0.15, 0.2) is 0 Å². The van der Waals surface area contributed by atoms with E-state index in [1.807, 2.05) is 0 Å². The SMILES string of the molecule is CCC1CCN(C(=O)C2CCCCC2N)CC1. The van der Waals surface area contributed by atoms with Crippen LogP contribution in [0.5, 0.6) is 0 Å². The first-order valence-electron chi connectivity index (χ1n) is 7.26. The predicted molar refractivity (Wildman–Crippen MR) is 69.5 cm³/mol. The van der Waals surface area contributed by atoms with Crippen LogP contribution in [0.15, 0.2) is 0 Å². The highest BCUT2D eigenvalue weighted by atomic mass is 16.2. The van der Waals surface area contributed by atoms with Gasteiger partial charge in [0.2, 0.25) is 5.91 Å². The molecule has 17 heavy (non-hydrogen) atoms. The molecule has 0 radical (unpaired) electrons. The third kappa shape index (κ3) is 3.01. The zero-order valence-electron chi connectivity index (χ0n) is 11.0. The molecule has 1 saturated carbocycles. The number of rotatable bonds is 2. The Labute approximate surface area is 105 Å². The molecule has 2 atom stereocenters. The van der Waals surface area contributed by atoms with Crippen LogP contribution in [0, 0.1) is 11.8 Å². The van der Waals surface area contributed by atoms with E-state index in [0.29, 0.717) is 5.91 Å². The van der Waals surface area contributed by atoms with E-state index in [1.165, 1.54) is 32.1 Å². The molecule has 1 aliphatic carbocycles. The molecule has 2 N–H and O–H groups in total. The molecule has 0 aromatic heterocycles. The van der Waals surface area contributed by atoms with Gasteiger partial charge in [0.25, 0.3) is 0 Å². The van der Waals surface area contributed by atoms with E-state index >= 15 is 0 Å². The summed E-state index contributed by atoms with van der Waals surface area (Å²) in [4.78, 5) is 14.5. The molecule has 2 fully saturated rings. The van der Waals surface area contributed by atoms with Crippen LogP contribution in [-0.2, 0) is 4.79 Å². The van der Waals surface area contributed by atoms with E-state index in [0.717, 1.165) is 31.8 Å². The quantitative estimate of drug-likeness (QED) is 0.801. The first-order chi connectivity index (χ1) is 8.22. The van der Waals surface area contributed by atoms with E-state index in [-0.39, 0.29) is 12.0 Å². The highest BCUT2D eigenvalue weighted by Crippen LogP contribution is 2.27. The summed E-state index contributed by atoms with van der Waals surface area (Å²) in [5.41, 5.74) is 6.09. The lowest BCUT2D eigenvalue weighted by Gasteiger charge is -2.36. The molecule has 0 aromatic carbocycles. The Balaban J connectivity index is 1.87. The fourth-order valence-corrected chi connectivity index (χ4v) is 3.26. The van der Waals surface area contributed by atoms with Gasteiger partial charge in [0.1, 0.15) is 0 Å². The molecule has 1 heterocycles. The van der Waals surface area contributed by atoms with Crippen molar-refractivity contribution < 1.29 is 4.79 Å².